The second-order valence-corrected chi connectivity index (χ2v) is 2.42. The monoisotopic (exact) mass is 390 g/mol. The Morgan fingerprint density at radius 3 is 2.36 bits per heavy atom. The molecule has 3 N–H and O–H groups in total. The van der Waals surface area contributed by atoms with E-state index in [0.717, 1.165) is 6.08 Å². The van der Waals surface area contributed by atoms with Crippen molar-refractivity contribution in [3.05, 3.63) is 29.8 Å². The molecule has 0 aliphatic carbocycles. The normalized spacial score (nSPS) is 9.71. The van der Waals surface area contributed by atoms with Crippen molar-refractivity contribution in [3.8, 4) is 11.5 Å². The number of carboxylic acid groups (broad SMARTS) is 1. The minimum absolute atomic E-state index is 0. The van der Waals surface area contributed by atoms with Crippen LogP contribution in [0.3, 0.4) is 0 Å². The molecule has 1 rings (SSSR count). The first-order valence-electron chi connectivity index (χ1n) is 3.52. The van der Waals surface area contributed by atoms with Crippen molar-refractivity contribution in [2.75, 3.05) is 0 Å². The van der Waals surface area contributed by atoms with E-state index in [-0.39, 0.29) is 38.8 Å². The molecule has 0 saturated heterocycles. The van der Waals surface area contributed by atoms with Gasteiger partial charge in [0.2, 0.25) is 0 Å². The molecule has 0 aliphatic heterocycles. The number of carbonyl (C=O) groups is 1. The molecule has 0 fully saturated rings. The van der Waals surface area contributed by atoms with Crippen LogP contribution in [0.25, 0.3) is 6.08 Å². The van der Waals surface area contributed by atoms with E-state index in [0.29, 0.717) is 5.56 Å². The van der Waals surface area contributed by atoms with Crippen molar-refractivity contribution in [3.63, 3.8) is 0 Å². The third kappa shape index (κ3) is 3.77. The van der Waals surface area contributed by atoms with E-state index < -0.39 is 5.97 Å². The molecular weight excluding hydrogens is 379 g/mol. The van der Waals surface area contributed by atoms with E-state index in [2.05, 4.69) is 0 Å². The van der Waals surface area contributed by atoms with Gasteiger partial charge in [0.1, 0.15) is 0 Å². The van der Waals surface area contributed by atoms with Crippen LogP contribution in [0.15, 0.2) is 24.3 Å². The van der Waals surface area contributed by atoms with Crippen molar-refractivity contribution in [1.82, 2.24) is 0 Å². The fraction of sp³-hybridized carbons (Fsp3) is 0. The zero-order valence-electron chi connectivity index (χ0n) is 7.34. The molecule has 0 atom stereocenters. The van der Waals surface area contributed by atoms with Gasteiger partial charge in [-0.05, 0) is 23.8 Å². The first kappa shape index (κ1) is 13.0. The van der Waals surface area contributed by atoms with Crippen LogP contribution in [-0.2, 0) is 4.79 Å². The molecule has 0 amide bonds. The quantitative estimate of drug-likeness (QED) is 0.386. The average Bonchev–Trinajstić information content (AvgIpc) is 2.07. The van der Waals surface area contributed by atoms with Gasteiger partial charge in [0.15, 0.2) is 11.5 Å². The molecule has 0 saturated carbocycles. The van der Waals surface area contributed by atoms with E-state index in [9.17, 15) is 4.79 Å². The summed E-state index contributed by atoms with van der Waals surface area (Å²) >= 11 is 0. The Bertz CT molecular complexity index is 360. The van der Waals surface area contributed by atoms with Crippen LogP contribution in [0.1, 0.15) is 5.56 Å². The SMILES string of the molecule is O=C(O)/C=C/c1ccc(O)c(O)c1.[PbH2]. The number of hydrogen-bond acceptors (Lipinski definition) is 3. The Labute approximate surface area is 101 Å². The van der Waals surface area contributed by atoms with E-state index in [1.54, 1.807) is 0 Å². The van der Waals surface area contributed by atoms with Gasteiger partial charge >= 0.3 is 33.3 Å². The number of carboxylic acids is 1. The summed E-state index contributed by atoms with van der Waals surface area (Å²) < 4.78 is 0. The molecule has 1 aromatic rings. The molecule has 4 nitrogen and oxygen atoms in total. The van der Waals surface area contributed by atoms with Gasteiger partial charge in [-0.2, -0.15) is 0 Å². The van der Waals surface area contributed by atoms with E-state index in [4.69, 9.17) is 15.3 Å². The zero-order valence-corrected chi connectivity index (χ0v) is 12.8. The zero-order chi connectivity index (χ0) is 9.84. The fourth-order valence-corrected chi connectivity index (χ4v) is 0.812. The van der Waals surface area contributed by atoms with Gasteiger partial charge in [0.05, 0.1) is 0 Å². The fourth-order valence-electron chi connectivity index (χ4n) is 0.812. The van der Waals surface area contributed by atoms with Crippen molar-refractivity contribution >= 4 is 39.3 Å². The second-order valence-electron chi connectivity index (χ2n) is 2.42. The summed E-state index contributed by atoms with van der Waals surface area (Å²) in [5.41, 5.74) is 0.512. The van der Waals surface area contributed by atoms with Crippen LogP contribution in [0.4, 0.5) is 0 Å². The number of benzene rings is 1. The van der Waals surface area contributed by atoms with Gasteiger partial charge in [-0.1, -0.05) is 6.07 Å². The number of hydrogen-bond donors (Lipinski definition) is 3. The summed E-state index contributed by atoms with van der Waals surface area (Å²) in [6.07, 6.45) is 2.27. The maximum atomic E-state index is 10.1. The van der Waals surface area contributed by atoms with Crippen molar-refractivity contribution in [2.45, 2.75) is 0 Å². The van der Waals surface area contributed by atoms with Gasteiger partial charge in [-0.3, -0.25) is 0 Å². The molecule has 14 heavy (non-hydrogen) atoms. The third-order valence-electron chi connectivity index (χ3n) is 1.42. The predicted octanol–water partition coefficient (Wildman–Crippen LogP) is 0.279. The van der Waals surface area contributed by atoms with Crippen LogP contribution < -0.4 is 0 Å². The molecule has 74 valence electrons. The number of phenols is 2. The van der Waals surface area contributed by atoms with Crippen LogP contribution in [0, 0.1) is 0 Å². The van der Waals surface area contributed by atoms with Gasteiger partial charge in [-0.25, -0.2) is 4.79 Å². The van der Waals surface area contributed by atoms with E-state index in [1.807, 2.05) is 0 Å². The molecule has 0 unspecified atom stereocenters. The Hall–Kier alpha value is -1.05. The van der Waals surface area contributed by atoms with Crippen molar-refractivity contribution in [2.24, 2.45) is 0 Å². The Morgan fingerprint density at radius 1 is 1.21 bits per heavy atom. The van der Waals surface area contributed by atoms with Gasteiger partial charge in [0.25, 0.3) is 0 Å². The van der Waals surface area contributed by atoms with Crippen LogP contribution in [0.2, 0.25) is 0 Å². The number of aliphatic carboxylic acids is 1. The first-order valence-corrected chi connectivity index (χ1v) is 3.52. The molecule has 0 aliphatic rings. The van der Waals surface area contributed by atoms with Gasteiger partial charge in [-0.15, -0.1) is 0 Å². The Kier molecular flexibility index (Phi) is 5.21. The maximum absolute atomic E-state index is 10.1. The summed E-state index contributed by atoms with van der Waals surface area (Å²) in [5.74, 6) is -1.56. The molecule has 0 aromatic heterocycles. The Balaban J connectivity index is 0.00000169. The number of phenolic OH excluding ortho intramolecular Hbond substituents is 2. The predicted molar refractivity (Wildman–Crippen MR) is 55.0 cm³/mol. The van der Waals surface area contributed by atoms with Crippen molar-refractivity contribution < 1.29 is 20.1 Å². The molecule has 5 heteroatoms. The van der Waals surface area contributed by atoms with Crippen LogP contribution in [-0.4, -0.2) is 48.6 Å². The Morgan fingerprint density at radius 2 is 1.86 bits per heavy atom. The molecule has 1 aromatic carbocycles. The summed E-state index contributed by atoms with van der Waals surface area (Å²) in [5, 5.41) is 26.3. The van der Waals surface area contributed by atoms with Gasteiger partial charge in [0, 0.05) is 6.08 Å². The first-order chi connectivity index (χ1) is 6.09. The number of rotatable bonds is 2. The molecule has 0 spiro atoms. The van der Waals surface area contributed by atoms with E-state index in [1.165, 1.54) is 24.3 Å². The summed E-state index contributed by atoms with van der Waals surface area (Å²) in [6, 6.07) is 4.06. The van der Waals surface area contributed by atoms with Crippen molar-refractivity contribution in [1.29, 1.82) is 0 Å². The molecular formula is C9H10O4Pb. The number of aromatic hydroxyl groups is 2. The third-order valence-corrected chi connectivity index (χ3v) is 1.42. The minimum atomic E-state index is -1.06. The second kappa shape index (κ2) is 5.63. The molecule has 0 bridgehead atoms. The van der Waals surface area contributed by atoms with Gasteiger partial charge < -0.3 is 15.3 Å². The molecule has 2 radical (unpaired) electrons. The summed E-state index contributed by atoms with van der Waals surface area (Å²) in [4.78, 5) is 10.1. The average molecular weight is 389 g/mol. The topological polar surface area (TPSA) is 77.8 Å². The molecule has 0 heterocycles. The van der Waals surface area contributed by atoms with Crippen LogP contribution >= 0.6 is 0 Å². The summed E-state index contributed by atoms with van der Waals surface area (Å²) in [7, 11) is 0. The standard InChI is InChI=1S/C9H8O4.Pb.2H/c10-7-3-1-6(5-8(7)11)2-4-9(12)13;;;/h1-5,10-11H,(H,12,13);;;/b4-2+;;;. The van der Waals surface area contributed by atoms with Crippen LogP contribution in [0.5, 0.6) is 11.5 Å². The summed E-state index contributed by atoms with van der Waals surface area (Å²) in [6.45, 7) is 0. The van der Waals surface area contributed by atoms with E-state index >= 15 is 0 Å².